The number of hydrogen-bond acceptors (Lipinski definition) is 4. The maximum atomic E-state index is 9.27. The van der Waals surface area contributed by atoms with Gasteiger partial charge in [-0.15, -0.1) is 5.10 Å². The van der Waals surface area contributed by atoms with Crippen molar-refractivity contribution in [2.45, 2.75) is 20.1 Å². The molecular formula is C12H15N3O2. The highest BCUT2D eigenvalue weighted by Gasteiger charge is 2.13. The minimum absolute atomic E-state index is 0.119. The quantitative estimate of drug-likeness (QED) is 0.868. The zero-order chi connectivity index (χ0) is 12.3. The largest absolute Gasteiger partial charge is 0.497 e. The number of aliphatic hydroxyl groups excluding tert-OH is 1. The van der Waals surface area contributed by atoms with Crippen LogP contribution >= 0.6 is 0 Å². The predicted molar refractivity (Wildman–Crippen MR) is 63.6 cm³/mol. The second kappa shape index (κ2) is 4.97. The lowest BCUT2D eigenvalue weighted by atomic mass is 10.1. The first-order chi connectivity index (χ1) is 8.30. The van der Waals surface area contributed by atoms with Crippen LogP contribution in [0.15, 0.2) is 24.3 Å². The van der Waals surface area contributed by atoms with Crippen LogP contribution in [0.25, 0.3) is 11.3 Å². The van der Waals surface area contributed by atoms with Crippen LogP contribution in [-0.2, 0) is 13.2 Å². The fourth-order valence-corrected chi connectivity index (χ4v) is 1.76. The molecule has 0 aliphatic rings. The fraction of sp³-hybridized carbons (Fsp3) is 0.333. The molecule has 0 aliphatic heterocycles. The van der Waals surface area contributed by atoms with E-state index in [4.69, 9.17) is 4.74 Å². The Morgan fingerprint density at radius 2 is 2.24 bits per heavy atom. The van der Waals surface area contributed by atoms with Crippen LogP contribution in [0.1, 0.15) is 12.6 Å². The lowest BCUT2D eigenvalue weighted by Crippen LogP contribution is -2.00. The molecular weight excluding hydrogens is 218 g/mol. The van der Waals surface area contributed by atoms with E-state index in [0.717, 1.165) is 17.0 Å². The fourth-order valence-electron chi connectivity index (χ4n) is 1.76. The van der Waals surface area contributed by atoms with Crippen LogP contribution in [0.4, 0.5) is 0 Å². The molecule has 1 aromatic carbocycles. The van der Waals surface area contributed by atoms with Gasteiger partial charge < -0.3 is 9.84 Å². The van der Waals surface area contributed by atoms with Gasteiger partial charge in [0, 0.05) is 12.1 Å². The smallest absolute Gasteiger partial charge is 0.119 e. The summed E-state index contributed by atoms with van der Waals surface area (Å²) in [5, 5.41) is 17.2. The zero-order valence-electron chi connectivity index (χ0n) is 9.92. The van der Waals surface area contributed by atoms with Gasteiger partial charge in [0.15, 0.2) is 0 Å². The van der Waals surface area contributed by atoms with Gasteiger partial charge in [0.2, 0.25) is 0 Å². The zero-order valence-corrected chi connectivity index (χ0v) is 9.92. The summed E-state index contributed by atoms with van der Waals surface area (Å²) in [6.07, 6.45) is 0. The maximum Gasteiger partial charge on any atom is 0.119 e. The number of aryl methyl sites for hydroxylation is 1. The van der Waals surface area contributed by atoms with Gasteiger partial charge in [0.1, 0.15) is 11.4 Å². The molecule has 5 heteroatoms. The first kappa shape index (κ1) is 11.6. The summed E-state index contributed by atoms with van der Waals surface area (Å²) in [5.74, 6) is 0.773. The number of nitrogens with zero attached hydrogens (tertiary/aromatic N) is 3. The van der Waals surface area contributed by atoms with Crippen LogP contribution in [-0.4, -0.2) is 27.2 Å². The van der Waals surface area contributed by atoms with Crippen molar-refractivity contribution in [3.05, 3.63) is 30.0 Å². The molecule has 1 N–H and O–H groups in total. The van der Waals surface area contributed by atoms with Gasteiger partial charge in [-0.1, -0.05) is 17.3 Å². The summed E-state index contributed by atoms with van der Waals surface area (Å²) in [4.78, 5) is 0. The van der Waals surface area contributed by atoms with E-state index in [2.05, 4.69) is 10.3 Å². The average molecular weight is 233 g/mol. The first-order valence-electron chi connectivity index (χ1n) is 5.47. The van der Waals surface area contributed by atoms with Crippen molar-refractivity contribution in [2.24, 2.45) is 0 Å². The minimum atomic E-state index is -0.119. The Hall–Kier alpha value is -1.88. The van der Waals surface area contributed by atoms with Gasteiger partial charge in [0.05, 0.1) is 19.4 Å². The van der Waals surface area contributed by atoms with E-state index < -0.39 is 0 Å². The second-order valence-corrected chi connectivity index (χ2v) is 3.59. The Kier molecular flexibility index (Phi) is 3.39. The molecule has 5 nitrogen and oxygen atoms in total. The molecule has 1 heterocycles. The third-order valence-electron chi connectivity index (χ3n) is 2.60. The lowest BCUT2D eigenvalue weighted by Gasteiger charge is -2.07. The van der Waals surface area contributed by atoms with Crippen molar-refractivity contribution in [1.82, 2.24) is 15.0 Å². The number of aromatic nitrogens is 3. The highest BCUT2D eigenvalue weighted by molar-refractivity contribution is 5.63. The van der Waals surface area contributed by atoms with Crippen molar-refractivity contribution < 1.29 is 9.84 Å². The SMILES string of the molecule is CCn1nnc(CO)c1-c1cccc(OC)c1. The number of aliphatic hydroxyl groups is 1. The first-order valence-corrected chi connectivity index (χ1v) is 5.47. The Bertz CT molecular complexity index is 487. The van der Waals surface area contributed by atoms with Crippen LogP contribution in [0.5, 0.6) is 5.75 Å². The Morgan fingerprint density at radius 3 is 2.88 bits per heavy atom. The number of rotatable bonds is 4. The van der Waals surface area contributed by atoms with Crippen molar-refractivity contribution in [1.29, 1.82) is 0 Å². The molecule has 0 spiro atoms. The highest BCUT2D eigenvalue weighted by Crippen LogP contribution is 2.25. The van der Waals surface area contributed by atoms with E-state index in [-0.39, 0.29) is 6.61 Å². The Balaban J connectivity index is 2.53. The Morgan fingerprint density at radius 1 is 1.41 bits per heavy atom. The molecule has 1 aromatic heterocycles. The monoisotopic (exact) mass is 233 g/mol. The van der Waals surface area contributed by atoms with Crippen molar-refractivity contribution >= 4 is 0 Å². The van der Waals surface area contributed by atoms with Crippen LogP contribution in [0.2, 0.25) is 0 Å². The number of benzene rings is 1. The molecule has 0 saturated carbocycles. The van der Waals surface area contributed by atoms with Gasteiger partial charge in [-0.3, -0.25) is 0 Å². The second-order valence-electron chi connectivity index (χ2n) is 3.59. The summed E-state index contributed by atoms with van der Waals surface area (Å²) in [6, 6.07) is 7.64. The normalized spacial score (nSPS) is 10.5. The highest BCUT2D eigenvalue weighted by atomic mass is 16.5. The molecule has 0 atom stereocenters. The summed E-state index contributed by atoms with van der Waals surface area (Å²) < 4.78 is 6.95. The van der Waals surface area contributed by atoms with E-state index >= 15 is 0 Å². The molecule has 0 unspecified atom stereocenters. The van der Waals surface area contributed by atoms with E-state index in [1.807, 2.05) is 31.2 Å². The molecule has 0 saturated heterocycles. The van der Waals surface area contributed by atoms with Gasteiger partial charge >= 0.3 is 0 Å². The minimum Gasteiger partial charge on any atom is -0.497 e. The van der Waals surface area contributed by atoms with Gasteiger partial charge in [-0.25, -0.2) is 4.68 Å². The van der Waals surface area contributed by atoms with Crippen molar-refractivity contribution in [2.75, 3.05) is 7.11 Å². The molecule has 0 bridgehead atoms. The molecule has 0 aliphatic carbocycles. The number of hydrogen-bond donors (Lipinski definition) is 1. The third-order valence-corrected chi connectivity index (χ3v) is 2.60. The summed E-state index contributed by atoms with van der Waals surface area (Å²) in [7, 11) is 1.63. The summed E-state index contributed by atoms with van der Waals surface area (Å²) in [5.41, 5.74) is 2.37. The molecule has 2 rings (SSSR count). The van der Waals surface area contributed by atoms with Crippen molar-refractivity contribution in [3.8, 4) is 17.0 Å². The average Bonchev–Trinajstić information content (AvgIpc) is 2.81. The van der Waals surface area contributed by atoms with Gasteiger partial charge in [-0.05, 0) is 19.1 Å². The predicted octanol–water partition coefficient (Wildman–Crippen LogP) is 1.47. The van der Waals surface area contributed by atoms with E-state index in [1.54, 1.807) is 11.8 Å². The Labute approximate surface area is 99.7 Å². The molecule has 17 heavy (non-hydrogen) atoms. The lowest BCUT2D eigenvalue weighted by molar-refractivity contribution is 0.277. The van der Waals surface area contributed by atoms with Crippen LogP contribution < -0.4 is 4.74 Å². The summed E-state index contributed by atoms with van der Waals surface area (Å²) >= 11 is 0. The molecule has 0 amide bonds. The van der Waals surface area contributed by atoms with Crippen LogP contribution in [0, 0.1) is 0 Å². The molecule has 2 aromatic rings. The van der Waals surface area contributed by atoms with Crippen LogP contribution in [0.3, 0.4) is 0 Å². The van der Waals surface area contributed by atoms with Crippen molar-refractivity contribution in [3.63, 3.8) is 0 Å². The molecule has 0 fully saturated rings. The molecule has 90 valence electrons. The van der Waals surface area contributed by atoms with E-state index in [9.17, 15) is 5.11 Å². The van der Waals surface area contributed by atoms with E-state index in [1.165, 1.54) is 0 Å². The topological polar surface area (TPSA) is 60.2 Å². The maximum absolute atomic E-state index is 9.27. The standard InChI is InChI=1S/C12H15N3O2/c1-3-15-12(11(8-16)13-14-15)9-5-4-6-10(7-9)17-2/h4-7,16H,3,8H2,1-2H3. The number of ether oxygens (including phenoxy) is 1. The molecule has 0 radical (unpaired) electrons. The van der Waals surface area contributed by atoms with Gasteiger partial charge in [0.25, 0.3) is 0 Å². The van der Waals surface area contributed by atoms with E-state index in [0.29, 0.717) is 12.2 Å². The number of methoxy groups -OCH3 is 1. The summed E-state index contributed by atoms with van der Waals surface area (Å²) in [6.45, 7) is 2.57. The van der Waals surface area contributed by atoms with Gasteiger partial charge in [-0.2, -0.15) is 0 Å². The third kappa shape index (κ3) is 2.14.